The van der Waals surface area contributed by atoms with E-state index in [4.69, 9.17) is 11.6 Å². The van der Waals surface area contributed by atoms with Crippen molar-refractivity contribution in [3.8, 4) is 0 Å². The van der Waals surface area contributed by atoms with Crippen molar-refractivity contribution < 1.29 is 8.42 Å². The Morgan fingerprint density at radius 3 is 2.53 bits per heavy atom. The molecule has 0 unspecified atom stereocenters. The molecular formula is C6H5ClN4O2S2. The van der Waals surface area contributed by atoms with E-state index in [-0.39, 0.29) is 4.21 Å². The average Bonchev–Trinajstić information content (AvgIpc) is 2.75. The second-order valence-electron chi connectivity index (χ2n) is 2.52. The van der Waals surface area contributed by atoms with Crippen molar-refractivity contribution in [2.75, 3.05) is 4.83 Å². The van der Waals surface area contributed by atoms with Gasteiger partial charge < -0.3 is 0 Å². The maximum absolute atomic E-state index is 11.7. The van der Waals surface area contributed by atoms with Gasteiger partial charge in [-0.25, -0.2) is 9.51 Å². The third-order valence-corrected chi connectivity index (χ3v) is 4.51. The van der Waals surface area contributed by atoms with Crippen LogP contribution < -0.4 is 4.83 Å². The van der Waals surface area contributed by atoms with Gasteiger partial charge in [-0.3, -0.25) is 0 Å². The zero-order valence-electron chi connectivity index (χ0n) is 7.16. The van der Waals surface area contributed by atoms with Crippen molar-refractivity contribution in [3.63, 3.8) is 0 Å². The van der Waals surface area contributed by atoms with E-state index < -0.39 is 10.0 Å². The average molecular weight is 265 g/mol. The number of halogens is 1. The van der Waals surface area contributed by atoms with Crippen LogP contribution in [0.25, 0.3) is 0 Å². The number of nitrogens with one attached hydrogen (secondary N) is 1. The fraction of sp³-hybridized carbons (Fsp3) is 0. The van der Waals surface area contributed by atoms with Gasteiger partial charge in [0.25, 0.3) is 10.0 Å². The maximum Gasteiger partial charge on any atom is 0.284 e. The summed E-state index contributed by atoms with van der Waals surface area (Å²) in [5.74, 6) is 0. The highest BCUT2D eigenvalue weighted by atomic mass is 35.5. The summed E-state index contributed by atoms with van der Waals surface area (Å²) in [5, 5.41) is 6.94. The van der Waals surface area contributed by atoms with Crippen LogP contribution in [-0.4, -0.2) is 23.3 Å². The molecule has 15 heavy (non-hydrogen) atoms. The number of hydrogen-bond acceptors (Lipinski definition) is 5. The fourth-order valence-corrected chi connectivity index (χ4v) is 3.32. The van der Waals surface area contributed by atoms with Crippen LogP contribution in [0, 0.1) is 0 Å². The summed E-state index contributed by atoms with van der Waals surface area (Å²) in [5.41, 5.74) is 0. The van der Waals surface area contributed by atoms with E-state index in [1.165, 1.54) is 24.8 Å². The quantitative estimate of drug-likeness (QED) is 0.895. The second kappa shape index (κ2) is 3.80. The van der Waals surface area contributed by atoms with Gasteiger partial charge in [0.1, 0.15) is 16.9 Å². The minimum atomic E-state index is -3.60. The Morgan fingerprint density at radius 1 is 1.33 bits per heavy atom. The first-order valence-electron chi connectivity index (χ1n) is 3.71. The smallest absolute Gasteiger partial charge is 0.221 e. The molecule has 2 aromatic rings. The Balaban J connectivity index is 2.28. The predicted octanol–water partition coefficient (Wildman–Crippen LogP) is 0.925. The fourth-order valence-electron chi connectivity index (χ4n) is 0.874. The van der Waals surface area contributed by atoms with Gasteiger partial charge in [-0.2, -0.15) is 8.42 Å². The Kier molecular flexibility index (Phi) is 2.63. The standard InChI is InChI=1S/C6H5ClN4O2S2/c7-5-1-2-6(14-5)15(12,13)10-11-3-8-9-4-11/h1-4,10H. The van der Waals surface area contributed by atoms with Gasteiger partial charge in [-0.1, -0.05) is 11.6 Å². The lowest BCUT2D eigenvalue weighted by Gasteiger charge is -2.04. The molecule has 2 heterocycles. The summed E-state index contributed by atoms with van der Waals surface area (Å²) in [7, 11) is -3.60. The van der Waals surface area contributed by atoms with Gasteiger partial charge in [0, 0.05) is 0 Å². The summed E-state index contributed by atoms with van der Waals surface area (Å²) in [6.45, 7) is 0. The molecule has 0 aliphatic heterocycles. The normalized spacial score (nSPS) is 11.5. The number of hydrogen-bond donors (Lipinski definition) is 1. The molecule has 80 valence electrons. The third kappa shape index (κ3) is 2.28. The molecule has 0 amide bonds. The van der Waals surface area contributed by atoms with Crippen LogP contribution in [0.2, 0.25) is 4.34 Å². The SMILES string of the molecule is O=S(=O)(Nn1cnnc1)c1ccc(Cl)s1. The minimum absolute atomic E-state index is 0.140. The molecule has 2 rings (SSSR count). The first-order valence-corrected chi connectivity index (χ1v) is 6.38. The molecule has 6 nitrogen and oxygen atoms in total. The first kappa shape index (κ1) is 10.4. The largest absolute Gasteiger partial charge is 0.284 e. The number of sulfonamides is 1. The van der Waals surface area contributed by atoms with Gasteiger partial charge >= 0.3 is 0 Å². The number of thiophene rings is 1. The van der Waals surface area contributed by atoms with Crippen molar-refractivity contribution >= 4 is 33.0 Å². The van der Waals surface area contributed by atoms with Crippen LogP contribution in [0.1, 0.15) is 0 Å². The van der Waals surface area contributed by atoms with Crippen LogP contribution >= 0.6 is 22.9 Å². The highest BCUT2D eigenvalue weighted by Gasteiger charge is 2.16. The van der Waals surface area contributed by atoms with E-state index in [1.807, 2.05) is 0 Å². The molecule has 0 aliphatic rings. The summed E-state index contributed by atoms with van der Waals surface area (Å²) in [6, 6.07) is 2.95. The zero-order chi connectivity index (χ0) is 10.9. The topological polar surface area (TPSA) is 76.9 Å². The molecule has 0 radical (unpaired) electrons. The van der Waals surface area contributed by atoms with Crippen molar-refractivity contribution in [2.45, 2.75) is 4.21 Å². The lowest BCUT2D eigenvalue weighted by Crippen LogP contribution is -2.21. The Bertz CT molecular complexity index is 547. The summed E-state index contributed by atoms with van der Waals surface area (Å²) < 4.78 is 25.1. The molecule has 0 saturated carbocycles. The highest BCUT2D eigenvalue weighted by Crippen LogP contribution is 2.25. The summed E-state index contributed by atoms with van der Waals surface area (Å²) in [6.07, 6.45) is 2.49. The second-order valence-corrected chi connectivity index (χ2v) is 6.13. The molecule has 0 spiro atoms. The lowest BCUT2D eigenvalue weighted by atomic mass is 10.7. The molecule has 0 atom stereocenters. The first-order chi connectivity index (χ1) is 7.08. The van der Waals surface area contributed by atoms with Gasteiger partial charge in [-0.15, -0.1) is 21.5 Å². The van der Waals surface area contributed by atoms with Gasteiger partial charge in [0.05, 0.1) is 4.34 Å². The van der Waals surface area contributed by atoms with Crippen molar-refractivity contribution in [1.29, 1.82) is 0 Å². The zero-order valence-corrected chi connectivity index (χ0v) is 9.55. The maximum atomic E-state index is 11.7. The lowest BCUT2D eigenvalue weighted by molar-refractivity contribution is 0.597. The Labute approximate surface area is 94.5 Å². The van der Waals surface area contributed by atoms with Crippen LogP contribution in [0.3, 0.4) is 0 Å². The third-order valence-electron chi connectivity index (χ3n) is 1.46. The predicted molar refractivity (Wildman–Crippen MR) is 55.9 cm³/mol. The molecular weight excluding hydrogens is 260 g/mol. The van der Waals surface area contributed by atoms with Crippen LogP contribution in [0.5, 0.6) is 0 Å². The van der Waals surface area contributed by atoms with Crippen LogP contribution in [0.15, 0.2) is 29.0 Å². The van der Waals surface area contributed by atoms with Gasteiger partial charge in [0.15, 0.2) is 0 Å². The molecule has 0 aromatic carbocycles. The number of rotatable bonds is 3. The van der Waals surface area contributed by atoms with E-state index in [9.17, 15) is 8.42 Å². The summed E-state index contributed by atoms with van der Waals surface area (Å²) >= 11 is 6.62. The van der Waals surface area contributed by atoms with Gasteiger partial charge in [-0.05, 0) is 12.1 Å². The molecule has 0 saturated heterocycles. The molecule has 2 aromatic heterocycles. The van der Waals surface area contributed by atoms with E-state index in [0.29, 0.717) is 4.34 Å². The van der Waals surface area contributed by atoms with E-state index in [2.05, 4.69) is 15.0 Å². The molecule has 0 aliphatic carbocycles. The van der Waals surface area contributed by atoms with E-state index >= 15 is 0 Å². The van der Waals surface area contributed by atoms with E-state index in [0.717, 1.165) is 16.0 Å². The monoisotopic (exact) mass is 264 g/mol. The minimum Gasteiger partial charge on any atom is -0.221 e. The van der Waals surface area contributed by atoms with Gasteiger partial charge in [0.2, 0.25) is 0 Å². The molecule has 0 fully saturated rings. The van der Waals surface area contributed by atoms with E-state index in [1.54, 1.807) is 0 Å². The van der Waals surface area contributed by atoms with Crippen molar-refractivity contribution in [1.82, 2.24) is 14.9 Å². The van der Waals surface area contributed by atoms with Crippen molar-refractivity contribution in [2.24, 2.45) is 0 Å². The highest BCUT2D eigenvalue weighted by molar-refractivity contribution is 7.94. The van der Waals surface area contributed by atoms with Crippen molar-refractivity contribution in [3.05, 3.63) is 29.1 Å². The summed E-state index contributed by atoms with van der Waals surface area (Å²) in [4.78, 5) is 2.24. The molecule has 0 bridgehead atoms. The molecule has 9 heteroatoms. The van der Waals surface area contributed by atoms with Crippen LogP contribution in [0.4, 0.5) is 0 Å². The molecule has 1 N–H and O–H groups in total. The van der Waals surface area contributed by atoms with Crippen LogP contribution in [-0.2, 0) is 10.0 Å². The Hall–Kier alpha value is -1.12. The number of aromatic nitrogens is 3. The Morgan fingerprint density at radius 2 is 2.00 bits per heavy atom. The number of nitrogens with zero attached hydrogens (tertiary/aromatic N) is 3.